The lowest BCUT2D eigenvalue weighted by Crippen LogP contribution is -2.23. The molecule has 2 rings (SSSR count). The van der Waals surface area contributed by atoms with E-state index in [-0.39, 0.29) is 24.6 Å². The SMILES string of the molecule is O=S(=O)(NCc1cnc[nH]1)c1cnn(CCO)c1. The summed E-state index contributed by atoms with van der Waals surface area (Å²) in [5, 5.41) is 12.6. The van der Waals surface area contributed by atoms with Crippen molar-refractivity contribution >= 4 is 10.0 Å². The zero-order chi connectivity index (χ0) is 13.0. The number of hydrogen-bond acceptors (Lipinski definition) is 5. The Morgan fingerprint density at radius 1 is 1.44 bits per heavy atom. The molecule has 9 heteroatoms. The molecule has 18 heavy (non-hydrogen) atoms. The fraction of sp³-hybridized carbons (Fsp3) is 0.333. The monoisotopic (exact) mass is 271 g/mol. The van der Waals surface area contributed by atoms with Crippen LogP contribution in [0.25, 0.3) is 0 Å². The first-order valence-corrected chi connectivity index (χ1v) is 6.70. The zero-order valence-corrected chi connectivity index (χ0v) is 10.3. The van der Waals surface area contributed by atoms with E-state index >= 15 is 0 Å². The number of aliphatic hydroxyl groups excluding tert-OH is 1. The molecular formula is C9H13N5O3S. The quantitative estimate of drug-likeness (QED) is 0.628. The molecule has 0 saturated carbocycles. The molecule has 8 nitrogen and oxygen atoms in total. The Morgan fingerprint density at radius 3 is 2.94 bits per heavy atom. The van der Waals surface area contributed by atoms with Gasteiger partial charge in [-0.15, -0.1) is 0 Å². The molecule has 0 spiro atoms. The molecule has 2 heterocycles. The molecule has 0 atom stereocenters. The second-order valence-corrected chi connectivity index (χ2v) is 5.33. The van der Waals surface area contributed by atoms with E-state index in [2.05, 4.69) is 19.8 Å². The van der Waals surface area contributed by atoms with Crippen molar-refractivity contribution in [2.24, 2.45) is 0 Å². The molecule has 98 valence electrons. The topological polar surface area (TPSA) is 113 Å². The van der Waals surface area contributed by atoms with Crippen molar-refractivity contribution in [3.8, 4) is 0 Å². The van der Waals surface area contributed by atoms with Crippen molar-refractivity contribution in [3.05, 3.63) is 30.6 Å². The molecule has 0 aliphatic rings. The number of nitrogens with zero attached hydrogens (tertiary/aromatic N) is 3. The highest BCUT2D eigenvalue weighted by Gasteiger charge is 2.16. The number of aliphatic hydroxyl groups is 1. The van der Waals surface area contributed by atoms with Crippen LogP contribution in [0.1, 0.15) is 5.69 Å². The standard InChI is InChI=1S/C9H13N5O3S/c15-2-1-14-6-9(5-12-14)18(16,17)13-4-8-3-10-7-11-8/h3,5-7,13,15H,1-2,4H2,(H,10,11). The number of imidazole rings is 1. The highest BCUT2D eigenvalue weighted by atomic mass is 32.2. The molecule has 0 saturated heterocycles. The highest BCUT2D eigenvalue weighted by Crippen LogP contribution is 2.07. The Bertz CT molecular complexity index is 590. The first kappa shape index (κ1) is 12.7. The van der Waals surface area contributed by atoms with Crippen LogP contribution in [0.4, 0.5) is 0 Å². The molecule has 0 unspecified atom stereocenters. The summed E-state index contributed by atoms with van der Waals surface area (Å²) < 4.78 is 27.6. The summed E-state index contributed by atoms with van der Waals surface area (Å²) in [7, 11) is -3.60. The van der Waals surface area contributed by atoms with E-state index in [0.717, 1.165) is 0 Å². The van der Waals surface area contributed by atoms with Gasteiger partial charge in [-0.25, -0.2) is 18.1 Å². The van der Waals surface area contributed by atoms with Crippen LogP contribution in [0, 0.1) is 0 Å². The molecule has 2 aromatic rings. The van der Waals surface area contributed by atoms with Crippen LogP contribution in [0.5, 0.6) is 0 Å². The molecule has 0 aromatic carbocycles. The van der Waals surface area contributed by atoms with Gasteiger partial charge in [0.15, 0.2) is 0 Å². The predicted octanol–water partition coefficient (Wildman–Crippen LogP) is -0.923. The van der Waals surface area contributed by atoms with Gasteiger partial charge in [-0.05, 0) is 0 Å². The van der Waals surface area contributed by atoms with Crippen molar-refractivity contribution in [2.45, 2.75) is 18.0 Å². The zero-order valence-electron chi connectivity index (χ0n) is 9.44. The van der Waals surface area contributed by atoms with Crippen LogP contribution in [0.3, 0.4) is 0 Å². The van der Waals surface area contributed by atoms with E-state index in [0.29, 0.717) is 5.69 Å². The largest absolute Gasteiger partial charge is 0.394 e. The number of aromatic nitrogens is 4. The number of H-pyrrole nitrogens is 1. The van der Waals surface area contributed by atoms with Gasteiger partial charge in [0.1, 0.15) is 4.90 Å². The molecule has 3 N–H and O–H groups in total. The number of aromatic amines is 1. The first-order chi connectivity index (χ1) is 8.62. The third-order valence-electron chi connectivity index (χ3n) is 2.26. The van der Waals surface area contributed by atoms with Gasteiger partial charge in [-0.3, -0.25) is 4.68 Å². The van der Waals surface area contributed by atoms with Gasteiger partial charge in [0, 0.05) is 18.1 Å². The van der Waals surface area contributed by atoms with E-state index in [1.807, 2.05) is 0 Å². The summed E-state index contributed by atoms with van der Waals surface area (Å²) in [5.41, 5.74) is 0.668. The predicted molar refractivity (Wildman–Crippen MR) is 61.9 cm³/mol. The normalized spacial score (nSPS) is 11.8. The summed E-state index contributed by atoms with van der Waals surface area (Å²) in [6, 6.07) is 0. The fourth-order valence-electron chi connectivity index (χ4n) is 1.35. The van der Waals surface area contributed by atoms with E-state index in [1.165, 1.54) is 29.6 Å². The van der Waals surface area contributed by atoms with E-state index < -0.39 is 10.0 Å². The number of hydrogen-bond donors (Lipinski definition) is 3. The van der Waals surface area contributed by atoms with Gasteiger partial charge < -0.3 is 10.1 Å². The van der Waals surface area contributed by atoms with Crippen molar-refractivity contribution in [1.29, 1.82) is 0 Å². The summed E-state index contributed by atoms with van der Waals surface area (Å²) in [6.45, 7) is 0.298. The smallest absolute Gasteiger partial charge is 0.244 e. The van der Waals surface area contributed by atoms with Gasteiger partial charge in [-0.1, -0.05) is 0 Å². The Labute approximate surface area is 104 Å². The number of nitrogens with one attached hydrogen (secondary N) is 2. The summed E-state index contributed by atoms with van der Waals surface area (Å²) in [4.78, 5) is 6.65. The van der Waals surface area contributed by atoms with Gasteiger partial charge in [0.25, 0.3) is 0 Å². The number of rotatable bonds is 6. The van der Waals surface area contributed by atoms with Gasteiger partial charge in [0.2, 0.25) is 10.0 Å². The van der Waals surface area contributed by atoms with Crippen LogP contribution in [-0.2, 0) is 23.1 Å². The Hall–Kier alpha value is -1.71. The number of sulfonamides is 1. The van der Waals surface area contributed by atoms with Crippen LogP contribution in [0.2, 0.25) is 0 Å². The Kier molecular flexibility index (Phi) is 3.75. The summed E-state index contributed by atoms with van der Waals surface area (Å²) in [5.74, 6) is 0. The first-order valence-electron chi connectivity index (χ1n) is 5.22. The lowest BCUT2D eigenvalue weighted by molar-refractivity contribution is 0.269. The maximum atomic E-state index is 11.9. The summed E-state index contributed by atoms with van der Waals surface area (Å²) >= 11 is 0. The summed E-state index contributed by atoms with van der Waals surface area (Å²) in [6.07, 6.45) is 5.62. The second-order valence-electron chi connectivity index (χ2n) is 3.56. The van der Waals surface area contributed by atoms with Crippen molar-refractivity contribution in [1.82, 2.24) is 24.5 Å². The minimum atomic E-state index is -3.60. The third-order valence-corrected chi connectivity index (χ3v) is 3.61. The fourth-order valence-corrected chi connectivity index (χ4v) is 2.30. The van der Waals surface area contributed by atoms with Crippen LogP contribution in [-0.4, -0.2) is 39.9 Å². The van der Waals surface area contributed by atoms with E-state index in [4.69, 9.17) is 5.11 Å². The molecule has 2 aromatic heterocycles. The lowest BCUT2D eigenvalue weighted by Gasteiger charge is -2.02. The highest BCUT2D eigenvalue weighted by molar-refractivity contribution is 7.89. The minimum Gasteiger partial charge on any atom is -0.394 e. The maximum absolute atomic E-state index is 11.9. The lowest BCUT2D eigenvalue weighted by atomic mass is 10.5. The van der Waals surface area contributed by atoms with Gasteiger partial charge >= 0.3 is 0 Å². The van der Waals surface area contributed by atoms with E-state index in [1.54, 1.807) is 0 Å². The second kappa shape index (κ2) is 5.29. The average molecular weight is 271 g/mol. The van der Waals surface area contributed by atoms with E-state index in [9.17, 15) is 8.42 Å². The molecule has 0 radical (unpaired) electrons. The molecule has 0 fully saturated rings. The van der Waals surface area contributed by atoms with Crippen molar-refractivity contribution in [3.63, 3.8) is 0 Å². The van der Waals surface area contributed by atoms with Gasteiger partial charge in [0.05, 0.1) is 32.2 Å². The van der Waals surface area contributed by atoms with Crippen molar-refractivity contribution < 1.29 is 13.5 Å². The molecule has 0 aliphatic carbocycles. The minimum absolute atomic E-state index is 0.0652. The van der Waals surface area contributed by atoms with Crippen LogP contribution in [0.15, 0.2) is 29.8 Å². The van der Waals surface area contributed by atoms with Gasteiger partial charge in [-0.2, -0.15) is 5.10 Å². The Balaban J connectivity index is 2.05. The average Bonchev–Trinajstić information content (AvgIpc) is 2.98. The van der Waals surface area contributed by atoms with Crippen LogP contribution >= 0.6 is 0 Å². The van der Waals surface area contributed by atoms with Crippen LogP contribution < -0.4 is 4.72 Å². The van der Waals surface area contributed by atoms with Crippen molar-refractivity contribution in [2.75, 3.05) is 6.61 Å². The third kappa shape index (κ3) is 2.94. The maximum Gasteiger partial charge on any atom is 0.244 e. The molecule has 0 amide bonds. The molecular weight excluding hydrogens is 258 g/mol. The molecule has 0 aliphatic heterocycles. The molecule has 0 bridgehead atoms. The Morgan fingerprint density at radius 2 is 2.28 bits per heavy atom.